The second kappa shape index (κ2) is 6.02. The van der Waals surface area contributed by atoms with Crippen LogP contribution in [-0.4, -0.2) is 40.4 Å². The van der Waals surface area contributed by atoms with Crippen LogP contribution < -0.4 is 4.90 Å². The molecule has 1 aromatic rings. The summed E-state index contributed by atoms with van der Waals surface area (Å²) in [6.07, 6.45) is 3.69. The summed E-state index contributed by atoms with van der Waals surface area (Å²) < 4.78 is 0. The largest absolute Gasteiger partial charge is 0.478 e. The van der Waals surface area contributed by atoms with Crippen LogP contribution in [0.2, 0.25) is 0 Å². The Labute approximate surface area is 125 Å². The molecule has 0 aliphatic heterocycles. The number of nitrogens with zero attached hydrogens (tertiary/aromatic N) is 2. The number of carboxylic acid groups (broad SMARTS) is 1. The predicted molar refractivity (Wildman–Crippen MR) is 82.0 cm³/mol. The summed E-state index contributed by atoms with van der Waals surface area (Å²) in [4.78, 5) is 17.7. The first kappa shape index (κ1) is 15.8. The third-order valence-electron chi connectivity index (χ3n) is 4.13. The zero-order valence-electron chi connectivity index (χ0n) is 13.0. The maximum atomic E-state index is 11.3. The van der Waals surface area contributed by atoms with E-state index in [4.69, 9.17) is 0 Å². The van der Waals surface area contributed by atoms with Crippen molar-refractivity contribution >= 4 is 11.8 Å². The summed E-state index contributed by atoms with van der Waals surface area (Å²) in [6.45, 7) is 4.46. The van der Waals surface area contributed by atoms with Crippen molar-refractivity contribution in [1.29, 1.82) is 0 Å². The smallest absolute Gasteiger partial charge is 0.335 e. The van der Waals surface area contributed by atoms with Crippen LogP contribution in [0.5, 0.6) is 0 Å². The average Bonchev–Trinajstić information content (AvgIpc) is 2.84. The van der Waals surface area contributed by atoms with Crippen molar-refractivity contribution in [2.45, 2.75) is 51.0 Å². The first-order chi connectivity index (χ1) is 9.81. The van der Waals surface area contributed by atoms with Gasteiger partial charge in [0.05, 0.1) is 11.2 Å². The lowest BCUT2D eigenvalue weighted by atomic mass is 10.0. The van der Waals surface area contributed by atoms with E-state index < -0.39 is 11.6 Å². The molecule has 5 heteroatoms. The van der Waals surface area contributed by atoms with Gasteiger partial charge in [-0.25, -0.2) is 9.78 Å². The molecule has 1 saturated carbocycles. The Hall–Kier alpha value is -1.62. The summed E-state index contributed by atoms with van der Waals surface area (Å²) >= 11 is 0. The molecule has 1 aliphatic carbocycles. The molecule has 1 aromatic heterocycles. The van der Waals surface area contributed by atoms with Crippen molar-refractivity contribution in [1.82, 2.24) is 4.98 Å². The number of carbonyl (C=O) groups is 1. The van der Waals surface area contributed by atoms with E-state index in [9.17, 15) is 15.0 Å². The monoisotopic (exact) mass is 292 g/mol. The van der Waals surface area contributed by atoms with Crippen molar-refractivity contribution in [3.63, 3.8) is 0 Å². The fraction of sp³-hybridized carbons (Fsp3) is 0.625. The molecule has 0 spiro atoms. The molecule has 0 amide bonds. The number of aromatic carboxylic acids is 1. The molecule has 2 rings (SSSR count). The van der Waals surface area contributed by atoms with Crippen LogP contribution in [0.4, 0.5) is 5.82 Å². The van der Waals surface area contributed by atoms with Gasteiger partial charge in [-0.15, -0.1) is 0 Å². The fourth-order valence-electron chi connectivity index (χ4n) is 2.87. The summed E-state index contributed by atoms with van der Waals surface area (Å²) in [5, 5.41) is 19.7. The van der Waals surface area contributed by atoms with Gasteiger partial charge in [0.1, 0.15) is 5.82 Å². The van der Waals surface area contributed by atoms with Gasteiger partial charge in [0, 0.05) is 19.3 Å². The van der Waals surface area contributed by atoms with Crippen LogP contribution in [0.25, 0.3) is 0 Å². The number of anilines is 1. The molecule has 0 unspecified atom stereocenters. The standard InChI is InChI=1S/C16H24N2O3/c1-11(2)13-8-12(15(19)20)9-14(17-13)18(3)10-16(21)6-4-5-7-16/h8-9,11,21H,4-7,10H2,1-3H3,(H,19,20). The highest BCUT2D eigenvalue weighted by molar-refractivity contribution is 5.88. The predicted octanol–water partition coefficient (Wildman–Crippen LogP) is 2.64. The average molecular weight is 292 g/mol. The van der Waals surface area contributed by atoms with Crippen LogP contribution in [0.1, 0.15) is 61.5 Å². The number of aromatic nitrogens is 1. The zero-order chi connectivity index (χ0) is 15.6. The molecule has 1 aliphatic rings. The molecule has 5 nitrogen and oxygen atoms in total. The summed E-state index contributed by atoms with van der Waals surface area (Å²) in [7, 11) is 1.86. The maximum Gasteiger partial charge on any atom is 0.335 e. The lowest BCUT2D eigenvalue weighted by Gasteiger charge is -2.29. The van der Waals surface area contributed by atoms with Gasteiger partial charge in [0.2, 0.25) is 0 Å². The van der Waals surface area contributed by atoms with Crippen molar-refractivity contribution in [2.24, 2.45) is 0 Å². The topological polar surface area (TPSA) is 73.7 Å². The number of aliphatic hydroxyl groups is 1. The molecular weight excluding hydrogens is 268 g/mol. The maximum absolute atomic E-state index is 11.3. The van der Waals surface area contributed by atoms with E-state index in [1.807, 2.05) is 25.8 Å². The van der Waals surface area contributed by atoms with Crippen molar-refractivity contribution < 1.29 is 15.0 Å². The van der Waals surface area contributed by atoms with Crippen molar-refractivity contribution in [2.75, 3.05) is 18.5 Å². The highest BCUT2D eigenvalue weighted by Gasteiger charge is 2.32. The molecular formula is C16H24N2O3. The summed E-state index contributed by atoms with van der Waals surface area (Å²) in [5.74, 6) is -0.182. The highest BCUT2D eigenvalue weighted by atomic mass is 16.4. The number of hydrogen-bond acceptors (Lipinski definition) is 4. The fourth-order valence-corrected chi connectivity index (χ4v) is 2.87. The molecule has 2 N–H and O–H groups in total. The molecule has 1 fully saturated rings. The van der Waals surface area contributed by atoms with E-state index in [0.29, 0.717) is 12.4 Å². The molecule has 116 valence electrons. The van der Waals surface area contributed by atoms with Gasteiger partial charge in [0.25, 0.3) is 0 Å². The van der Waals surface area contributed by atoms with Crippen molar-refractivity contribution in [3.05, 3.63) is 23.4 Å². The van der Waals surface area contributed by atoms with Gasteiger partial charge in [-0.3, -0.25) is 0 Å². The van der Waals surface area contributed by atoms with Gasteiger partial charge >= 0.3 is 5.97 Å². The van der Waals surface area contributed by atoms with E-state index in [2.05, 4.69) is 4.98 Å². The zero-order valence-corrected chi connectivity index (χ0v) is 13.0. The number of carboxylic acids is 1. The van der Waals surface area contributed by atoms with E-state index in [-0.39, 0.29) is 11.5 Å². The third kappa shape index (κ3) is 3.73. The lowest BCUT2D eigenvalue weighted by molar-refractivity contribution is 0.0558. The van der Waals surface area contributed by atoms with Gasteiger partial charge in [-0.05, 0) is 30.9 Å². The molecule has 0 atom stereocenters. The van der Waals surface area contributed by atoms with Crippen molar-refractivity contribution in [3.8, 4) is 0 Å². The van der Waals surface area contributed by atoms with Gasteiger partial charge in [0.15, 0.2) is 0 Å². The van der Waals surface area contributed by atoms with E-state index in [1.54, 1.807) is 12.1 Å². The molecule has 0 saturated heterocycles. The second-order valence-electron chi connectivity index (χ2n) is 6.39. The lowest BCUT2D eigenvalue weighted by Crippen LogP contribution is -2.39. The Morgan fingerprint density at radius 3 is 2.52 bits per heavy atom. The molecule has 0 aromatic carbocycles. The Bertz CT molecular complexity index is 522. The molecule has 1 heterocycles. The quantitative estimate of drug-likeness (QED) is 0.872. The van der Waals surface area contributed by atoms with Crippen LogP contribution in [-0.2, 0) is 0 Å². The number of hydrogen-bond donors (Lipinski definition) is 2. The van der Waals surface area contributed by atoms with Gasteiger partial charge in [-0.2, -0.15) is 0 Å². The number of rotatable bonds is 5. The Morgan fingerprint density at radius 1 is 1.38 bits per heavy atom. The van der Waals surface area contributed by atoms with Crippen LogP contribution >= 0.6 is 0 Å². The third-order valence-corrected chi connectivity index (χ3v) is 4.13. The van der Waals surface area contributed by atoms with Crippen LogP contribution in [0.15, 0.2) is 12.1 Å². The second-order valence-corrected chi connectivity index (χ2v) is 6.39. The molecule has 0 bridgehead atoms. The first-order valence-corrected chi connectivity index (χ1v) is 7.49. The SMILES string of the molecule is CC(C)c1cc(C(=O)O)cc(N(C)CC2(O)CCCC2)n1. The minimum Gasteiger partial charge on any atom is -0.478 e. The first-order valence-electron chi connectivity index (χ1n) is 7.49. The molecule has 0 radical (unpaired) electrons. The van der Waals surface area contributed by atoms with Gasteiger partial charge < -0.3 is 15.1 Å². The Kier molecular flexibility index (Phi) is 4.52. The normalized spacial score (nSPS) is 17.2. The van der Waals surface area contributed by atoms with E-state index >= 15 is 0 Å². The highest BCUT2D eigenvalue weighted by Crippen LogP contribution is 2.31. The minimum atomic E-state index is -0.950. The summed E-state index contributed by atoms with van der Waals surface area (Å²) in [5.41, 5.74) is 0.331. The van der Waals surface area contributed by atoms with Gasteiger partial charge in [-0.1, -0.05) is 26.7 Å². The number of pyridine rings is 1. The summed E-state index contributed by atoms with van der Waals surface area (Å²) in [6, 6.07) is 3.20. The van der Waals surface area contributed by atoms with E-state index in [0.717, 1.165) is 31.4 Å². The molecule has 21 heavy (non-hydrogen) atoms. The minimum absolute atomic E-state index is 0.158. The Morgan fingerprint density at radius 2 is 2.00 bits per heavy atom. The number of likely N-dealkylation sites (N-methyl/N-ethyl adjacent to an activating group) is 1. The Balaban J connectivity index is 2.26. The van der Waals surface area contributed by atoms with E-state index in [1.165, 1.54) is 0 Å². The van der Waals surface area contributed by atoms with Crippen LogP contribution in [0.3, 0.4) is 0 Å². The van der Waals surface area contributed by atoms with Crippen LogP contribution in [0, 0.1) is 0 Å².